The normalized spacial score (nSPS) is 12.4. The van der Waals surface area contributed by atoms with Gasteiger partial charge in [-0.05, 0) is 11.8 Å². The minimum Gasteiger partial charge on any atom is -0.211 e. The Hall–Kier alpha value is 0.490. The van der Waals surface area contributed by atoms with Crippen molar-refractivity contribution in [2.24, 2.45) is 0 Å². The van der Waals surface area contributed by atoms with Gasteiger partial charge >= 0.3 is 0 Å². The highest BCUT2D eigenvalue weighted by atomic mass is 35.5. The first-order valence-corrected chi connectivity index (χ1v) is 4.67. The summed E-state index contributed by atoms with van der Waals surface area (Å²) in [5.41, 5.74) is 0. The molecule has 0 aliphatic rings. The van der Waals surface area contributed by atoms with Gasteiger partial charge in [-0.1, -0.05) is 0 Å². The highest BCUT2D eigenvalue weighted by Crippen LogP contribution is 2.00. The third-order valence-corrected chi connectivity index (χ3v) is 3.25. The van der Waals surface area contributed by atoms with E-state index in [0.29, 0.717) is 3.82 Å². The Balaban J connectivity index is 4.05. The van der Waals surface area contributed by atoms with E-state index >= 15 is 0 Å². The van der Waals surface area contributed by atoms with Gasteiger partial charge in [-0.15, -0.1) is 15.4 Å². The topological polar surface area (TPSA) is 37.4 Å². The Morgan fingerprint density at radius 3 is 2.11 bits per heavy atom. The van der Waals surface area contributed by atoms with E-state index in [1.165, 1.54) is 7.05 Å². The van der Waals surface area contributed by atoms with E-state index in [0.717, 1.165) is 0 Å². The Morgan fingerprint density at radius 2 is 2.00 bits per heavy atom. The van der Waals surface area contributed by atoms with Crippen LogP contribution in [0.25, 0.3) is 0 Å². The molecule has 0 heterocycles. The summed E-state index contributed by atoms with van der Waals surface area (Å²) in [6.07, 6.45) is 0. The van der Waals surface area contributed by atoms with Gasteiger partial charge in [0.15, 0.2) is 0 Å². The maximum atomic E-state index is 10.6. The maximum Gasteiger partial charge on any atom is 0.228 e. The number of sulfonamides is 1. The third kappa shape index (κ3) is 3.25. The van der Waals surface area contributed by atoms with E-state index in [9.17, 15) is 8.42 Å². The predicted molar refractivity (Wildman–Crippen MR) is 38.1 cm³/mol. The van der Waals surface area contributed by atoms with Crippen molar-refractivity contribution in [3.05, 3.63) is 0 Å². The first kappa shape index (κ1) is 9.49. The van der Waals surface area contributed by atoms with Gasteiger partial charge in [0.05, 0.1) is 5.75 Å². The van der Waals surface area contributed by atoms with E-state index in [-0.39, 0.29) is 11.6 Å². The number of halogens is 2. The molecule has 0 atom stereocenters. The molecule has 56 valence electrons. The molecule has 0 saturated heterocycles. The fraction of sp³-hybridized carbons (Fsp3) is 1.00. The van der Waals surface area contributed by atoms with Gasteiger partial charge in [0, 0.05) is 12.9 Å². The van der Waals surface area contributed by atoms with Crippen molar-refractivity contribution in [2.75, 3.05) is 18.7 Å². The van der Waals surface area contributed by atoms with Crippen molar-refractivity contribution in [2.45, 2.75) is 0 Å². The van der Waals surface area contributed by atoms with Gasteiger partial charge in [0.25, 0.3) is 0 Å². The zero-order valence-electron chi connectivity index (χ0n) is 4.84. The second-order valence-corrected chi connectivity index (χ2v) is 4.60. The summed E-state index contributed by atoms with van der Waals surface area (Å²) in [6, 6.07) is 0. The quantitative estimate of drug-likeness (QED) is 0.486. The van der Waals surface area contributed by atoms with Crippen LogP contribution in [0.3, 0.4) is 0 Å². The molecule has 0 rings (SSSR count). The number of hydrogen-bond donors (Lipinski definition) is 0. The molecule has 0 spiro atoms. The van der Waals surface area contributed by atoms with Crippen molar-refractivity contribution < 1.29 is 8.42 Å². The van der Waals surface area contributed by atoms with Crippen molar-refractivity contribution >= 4 is 33.4 Å². The average Bonchev–Trinajstić information content (AvgIpc) is 1.65. The molecule has 0 amide bonds. The molecule has 0 aromatic rings. The first-order valence-electron chi connectivity index (χ1n) is 2.19. The van der Waals surface area contributed by atoms with Crippen LogP contribution in [0.4, 0.5) is 0 Å². The van der Waals surface area contributed by atoms with Gasteiger partial charge in [-0.25, -0.2) is 8.42 Å². The lowest BCUT2D eigenvalue weighted by Crippen LogP contribution is -2.21. The number of rotatable bonds is 3. The van der Waals surface area contributed by atoms with Crippen LogP contribution in [0, 0.1) is 0 Å². The van der Waals surface area contributed by atoms with Gasteiger partial charge in [0.2, 0.25) is 10.0 Å². The number of nitrogens with zero attached hydrogens (tertiary/aromatic N) is 1. The van der Waals surface area contributed by atoms with Crippen molar-refractivity contribution in [3.63, 3.8) is 0 Å². The molecule has 9 heavy (non-hydrogen) atoms. The average molecular weight is 192 g/mol. The first-order chi connectivity index (χ1) is 4.00. The predicted octanol–water partition coefficient (Wildman–Crippen LogP) is 0.641. The highest BCUT2D eigenvalue weighted by molar-refractivity contribution is 7.90. The summed E-state index contributed by atoms with van der Waals surface area (Å²) in [5.74, 6) is -0.0477. The summed E-state index contributed by atoms with van der Waals surface area (Å²) in [5, 5.41) is 0. The molecular formula is C3H7Cl2NO2S. The molecule has 0 aliphatic heterocycles. The van der Waals surface area contributed by atoms with Gasteiger partial charge in [-0.3, -0.25) is 0 Å². The van der Waals surface area contributed by atoms with Gasteiger partial charge in [-0.2, -0.15) is 0 Å². The fourth-order valence-electron chi connectivity index (χ4n) is 0.223. The third-order valence-electron chi connectivity index (χ3n) is 0.718. The van der Waals surface area contributed by atoms with Crippen LogP contribution >= 0.6 is 23.4 Å². The van der Waals surface area contributed by atoms with E-state index in [1.54, 1.807) is 0 Å². The standard InChI is InChI=1S/C3H7Cl2NO2S/c1-6(5)9(7,8)3-2-4/h2-3H2,1H3. The van der Waals surface area contributed by atoms with Crippen molar-refractivity contribution in [3.8, 4) is 0 Å². The lowest BCUT2D eigenvalue weighted by Gasteiger charge is -2.04. The fourth-order valence-corrected chi connectivity index (χ4v) is 1.46. The Morgan fingerprint density at radius 1 is 1.56 bits per heavy atom. The molecule has 0 N–H and O–H groups in total. The second-order valence-electron chi connectivity index (χ2n) is 1.40. The molecule has 0 unspecified atom stereocenters. The zero-order valence-corrected chi connectivity index (χ0v) is 7.17. The maximum absolute atomic E-state index is 10.6. The van der Waals surface area contributed by atoms with Crippen LogP contribution in [0.15, 0.2) is 0 Å². The largest absolute Gasteiger partial charge is 0.228 e. The molecule has 6 heteroatoms. The molecule has 0 fully saturated rings. The Kier molecular flexibility index (Phi) is 3.80. The molecule has 0 radical (unpaired) electrons. The molecule has 0 aromatic carbocycles. The monoisotopic (exact) mass is 191 g/mol. The van der Waals surface area contributed by atoms with Crippen molar-refractivity contribution in [1.82, 2.24) is 3.82 Å². The second kappa shape index (κ2) is 3.61. The smallest absolute Gasteiger partial charge is 0.211 e. The summed E-state index contributed by atoms with van der Waals surface area (Å²) in [7, 11) is -2.03. The van der Waals surface area contributed by atoms with Crippen LogP contribution in [0.5, 0.6) is 0 Å². The number of alkyl halides is 1. The molecule has 0 bridgehead atoms. The van der Waals surface area contributed by atoms with Crippen LogP contribution < -0.4 is 0 Å². The summed E-state index contributed by atoms with van der Waals surface area (Å²) in [4.78, 5) is 0. The lowest BCUT2D eigenvalue weighted by molar-refractivity contribution is 0.563. The van der Waals surface area contributed by atoms with Crippen molar-refractivity contribution in [1.29, 1.82) is 0 Å². The zero-order chi connectivity index (χ0) is 7.49. The summed E-state index contributed by atoms with van der Waals surface area (Å²) in [6.45, 7) is 0. The van der Waals surface area contributed by atoms with Crippen LogP contribution in [-0.2, 0) is 10.0 Å². The highest BCUT2D eigenvalue weighted by Gasteiger charge is 2.13. The van der Waals surface area contributed by atoms with E-state index in [4.69, 9.17) is 23.4 Å². The van der Waals surface area contributed by atoms with E-state index in [1.807, 2.05) is 0 Å². The molecule has 0 saturated carbocycles. The van der Waals surface area contributed by atoms with E-state index < -0.39 is 10.0 Å². The van der Waals surface area contributed by atoms with Crippen LogP contribution in [0.2, 0.25) is 0 Å². The Bertz CT molecular complexity index is 165. The Labute approximate surface area is 64.7 Å². The molecule has 0 aromatic heterocycles. The lowest BCUT2D eigenvalue weighted by atomic mass is 11.0. The SMILES string of the molecule is CN(Cl)S(=O)(=O)CCCl. The molecule has 3 nitrogen and oxygen atoms in total. The van der Waals surface area contributed by atoms with E-state index in [2.05, 4.69) is 0 Å². The van der Waals surface area contributed by atoms with Gasteiger partial charge in [0.1, 0.15) is 0 Å². The number of hydrogen-bond acceptors (Lipinski definition) is 2. The molecule has 0 aliphatic carbocycles. The van der Waals surface area contributed by atoms with Crippen LogP contribution in [0.1, 0.15) is 0 Å². The van der Waals surface area contributed by atoms with Gasteiger partial charge < -0.3 is 0 Å². The minimum atomic E-state index is -3.28. The summed E-state index contributed by atoms with van der Waals surface area (Å²) < 4.78 is 21.9. The minimum absolute atomic E-state index is 0.0688. The van der Waals surface area contributed by atoms with Crippen LogP contribution in [-0.4, -0.2) is 30.9 Å². The summed E-state index contributed by atoms with van der Waals surface area (Å²) >= 11 is 10.3. The molecular weight excluding hydrogens is 185 g/mol.